The Kier molecular flexibility index (Phi) is 8.68. The van der Waals surface area contributed by atoms with Crippen LogP contribution in [0.3, 0.4) is 0 Å². The minimum atomic E-state index is -1.51. The second-order valence-electron chi connectivity index (χ2n) is 8.52. The Morgan fingerprint density at radius 2 is 0.971 bits per heavy atom. The van der Waals surface area contributed by atoms with Crippen molar-refractivity contribution in [2.45, 2.75) is 74.9 Å². The van der Waals surface area contributed by atoms with Crippen LogP contribution in [0.25, 0.3) is 0 Å². The molecule has 0 radical (unpaired) electrons. The first-order valence-electron chi connectivity index (χ1n) is 10.8. The topological polar surface area (TPSA) is 180 Å². The Bertz CT molecular complexity index is 905. The Morgan fingerprint density at radius 1 is 0.618 bits per heavy atom. The van der Waals surface area contributed by atoms with Crippen LogP contribution >= 0.6 is 0 Å². The maximum atomic E-state index is 10.1. The third kappa shape index (κ3) is 5.43. The first kappa shape index (κ1) is 26.5. The Morgan fingerprint density at radius 3 is 1.29 bits per heavy atom. The van der Waals surface area contributed by atoms with Crippen LogP contribution in [0.2, 0.25) is 0 Å². The van der Waals surface area contributed by atoms with E-state index in [4.69, 9.17) is 9.47 Å². The summed E-state index contributed by atoms with van der Waals surface area (Å²) in [5.74, 6) is 11.2. The number of hydrogen-bond donors (Lipinski definition) is 8. The van der Waals surface area contributed by atoms with E-state index in [1.807, 2.05) is 0 Å². The summed E-state index contributed by atoms with van der Waals surface area (Å²) in [5, 5.41) is 78.4. The largest absolute Gasteiger partial charge is 0.394 e. The molecule has 1 aromatic carbocycles. The van der Waals surface area contributed by atoms with E-state index in [0.717, 1.165) is 11.1 Å². The molecule has 3 rings (SSSR count). The van der Waals surface area contributed by atoms with E-state index in [9.17, 15) is 40.9 Å². The molecule has 0 bridgehead atoms. The van der Waals surface area contributed by atoms with Crippen molar-refractivity contribution in [3.63, 3.8) is 0 Å². The highest BCUT2D eigenvalue weighted by molar-refractivity contribution is 5.52. The number of benzene rings is 1. The van der Waals surface area contributed by atoms with E-state index < -0.39 is 74.3 Å². The summed E-state index contributed by atoms with van der Waals surface area (Å²) in [6.45, 7) is 2.50. The van der Waals surface area contributed by atoms with Crippen molar-refractivity contribution in [3.05, 3.63) is 34.4 Å². The van der Waals surface area contributed by atoms with Crippen LogP contribution in [-0.4, -0.2) is 115 Å². The van der Waals surface area contributed by atoms with Gasteiger partial charge in [0.2, 0.25) is 0 Å². The van der Waals surface area contributed by atoms with Crippen LogP contribution in [0, 0.1) is 37.5 Å². The fourth-order valence-corrected chi connectivity index (χ4v) is 3.82. The van der Waals surface area contributed by atoms with Gasteiger partial charge in [-0.2, -0.15) is 0 Å². The molecule has 0 spiro atoms. The molecule has 2 aliphatic heterocycles. The highest BCUT2D eigenvalue weighted by atomic mass is 16.5. The fourth-order valence-electron chi connectivity index (χ4n) is 3.82. The molecule has 2 aliphatic rings. The summed E-state index contributed by atoms with van der Waals surface area (Å²) < 4.78 is 10.8. The van der Waals surface area contributed by atoms with Gasteiger partial charge >= 0.3 is 0 Å². The van der Waals surface area contributed by atoms with Gasteiger partial charge in [0.1, 0.15) is 61.0 Å². The van der Waals surface area contributed by atoms with E-state index in [2.05, 4.69) is 23.7 Å². The SMILES string of the molecule is Cc1cc(C#C[C@H]2O[C@H](CO)[C@@H](O)[C@H](O)[C@@H]2O)c(C)cc1C#C[C@H]1O[C@H](CO)[C@@H](O)[C@H](O)[C@@H]1O. The van der Waals surface area contributed by atoms with Gasteiger partial charge in [0.25, 0.3) is 0 Å². The van der Waals surface area contributed by atoms with Gasteiger partial charge < -0.3 is 50.3 Å². The van der Waals surface area contributed by atoms with Crippen molar-refractivity contribution < 1.29 is 50.3 Å². The van der Waals surface area contributed by atoms with Crippen molar-refractivity contribution in [1.29, 1.82) is 0 Å². The zero-order chi connectivity index (χ0) is 25.2. The third-order valence-corrected chi connectivity index (χ3v) is 6.05. The van der Waals surface area contributed by atoms with Crippen molar-refractivity contribution in [2.24, 2.45) is 0 Å². The predicted octanol–water partition coefficient (Wildman–Crippen LogP) is -3.31. The Labute approximate surface area is 197 Å². The first-order chi connectivity index (χ1) is 16.1. The van der Waals surface area contributed by atoms with Gasteiger partial charge in [0, 0.05) is 11.1 Å². The molecule has 2 saturated heterocycles. The maximum absolute atomic E-state index is 10.1. The van der Waals surface area contributed by atoms with Crippen LogP contribution in [0.15, 0.2) is 12.1 Å². The molecule has 10 nitrogen and oxygen atoms in total. The first-order valence-corrected chi connectivity index (χ1v) is 10.8. The van der Waals surface area contributed by atoms with E-state index in [0.29, 0.717) is 11.1 Å². The van der Waals surface area contributed by atoms with Gasteiger partial charge in [-0.3, -0.25) is 0 Å². The van der Waals surface area contributed by atoms with Crippen LogP contribution in [0.1, 0.15) is 22.3 Å². The van der Waals surface area contributed by atoms with Gasteiger partial charge in [0.15, 0.2) is 0 Å². The summed E-state index contributed by atoms with van der Waals surface area (Å²) in [7, 11) is 0. The third-order valence-electron chi connectivity index (χ3n) is 6.05. The lowest BCUT2D eigenvalue weighted by Gasteiger charge is -2.37. The molecule has 186 valence electrons. The zero-order valence-corrected chi connectivity index (χ0v) is 18.7. The molecule has 1 aromatic rings. The Hall–Kier alpha value is -2.06. The minimum Gasteiger partial charge on any atom is -0.394 e. The highest BCUT2D eigenvalue weighted by Crippen LogP contribution is 2.23. The average Bonchev–Trinajstić information content (AvgIpc) is 2.82. The maximum Gasteiger partial charge on any atom is 0.147 e. The van der Waals surface area contributed by atoms with E-state index in [1.54, 1.807) is 26.0 Å². The summed E-state index contributed by atoms with van der Waals surface area (Å²) in [4.78, 5) is 0. The van der Waals surface area contributed by atoms with Crippen molar-refractivity contribution in [1.82, 2.24) is 0 Å². The van der Waals surface area contributed by atoms with Gasteiger partial charge in [-0.05, 0) is 37.1 Å². The van der Waals surface area contributed by atoms with Gasteiger partial charge in [0.05, 0.1) is 13.2 Å². The smallest absolute Gasteiger partial charge is 0.147 e. The minimum absolute atomic E-state index is 0.539. The summed E-state index contributed by atoms with van der Waals surface area (Å²) in [6, 6.07) is 3.51. The molecule has 34 heavy (non-hydrogen) atoms. The monoisotopic (exact) mass is 478 g/mol. The molecule has 2 fully saturated rings. The lowest BCUT2D eigenvalue weighted by molar-refractivity contribution is -0.214. The Balaban J connectivity index is 1.80. The number of aliphatic hydroxyl groups excluding tert-OH is 8. The second-order valence-corrected chi connectivity index (χ2v) is 8.52. The van der Waals surface area contributed by atoms with Crippen LogP contribution < -0.4 is 0 Å². The molecular formula is C24H30O10. The molecular weight excluding hydrogens is 448 g/mol. The molecule has 0 aromatic heterocycles. The molecule has 10 heteroatoms. The number of aliphatic hydroxyl groups is 8. The second kappa shape index (κ2) is 11.1. The molecule has 0 saturated carbocycles. The van der Waals surface area contributed by atoms with Crippen LogP contribution in [0.5, 0.6) is 0 Å². The number of ether oxygens (including phenoxy) is 2. The standard InChI is InChI=1S/C24H30O10/c1-11-7-14(4-6-16-20(28)24(32)22(30)18(10-26)34-16)12(2)8-13(11)3-5-15-19(27)23(31)21(29)17(9-25)33-15/h7-8,15-32H,9-10H2,1-2H3/t15-,16-,17-,18-,19-,20-,21-,22-,23-,24-/m1/s1. The fraction of sp³-hybridized carbons (Fsp3) is 0.583. The number of rotatable bonds is 2. The van der Waals surface area contributed by atoms with E-state index in [1.165, 1.54) is 0 Å². The van der Waals surface area contributed by atoms with Gasteiger partial charge in [-0.15, -0.1) is 0 Å². The number of hydrogen-bond acceptors (Lipinski definition) is 10. The lowest BCUT2D eigenvalue weighted by Crippen LogP contribution is -2.58. The van der Waals surface area contributed by atoms with Crippen molar-refractivity contribution >= 4 is 0 Å². The molecule has 0 aliphatic carbocycles. The zero-order valence-electron chi connectivity index (χ0n) is 18.7. The van der Waals surface area contributed by atoms with Crippen LogP contribution in [-0.2, 0) is 9.47 Å². The molecule has 10 atom stereocenters. The number of aryl methyl sites for hydroxylation is 2. The van der Waals surface area contributed by atoms with E-state index in [-0.39, 0.29) is 0 Å². The van der Waals surface area contributed by atoms with E-state index >= 15 is 0 Å². The summed E-state index contributed by atoms with van der Waals surface area (Å²) >= 11 is 0. The highest BCUT2D eigenvalue weighted by Gasteiger charge is 2.43. The van der Waals surface area contributed by atoms with Crippen LogP contribution in [0.4, 0.5) is 0 Å². The molecule has 2 heterocycles. The van der Waals surface area contributed by atoms with Crippen molar-refractivity contribution in [3.8, 4) is 23.7 Å². The lowest BCUT2D eigenvalue weighted by atomic mass is 9.94. The normalized spacial score (nSPS) is 37.8. The molecule has 0 amide bonds. The summed E-state index contributed by atoms with van der Waals surface area (Å²) in [5.41, 5.74) is 2.68. The predicted molar refractivity (Wildman–Crippen MR) is 117 cm³/mol. The van der Waals surface area contributed by atoms with Gasteiger partial charge in [-0.25, -0.2) is 0 Å². The summed E-state index contributed by atoms with van der Waals surface area (Å²) in [6.07, 6.45) is -13.1. The average molecular weight is 478 g/mol. The molecule has 0 unspecified atom stereocenters. The van der Waals surface area contributed by atoms with Crippen molar-refractivity contribution in [2.75, 3.05) is 13.2 Å². The van der Waals surface area contributed by atoms with Gasteiger partial charge in [-0.1, -0.05) is 23.7 Å². The molecule has 8 N–H and O–H groups in total. The quantitative estimate of drug-likeness (QED) is 0.201.